The minimum Gasteiger partial charge on any atom is -0.358 e. The van der Waals surface area contributed by atoms with E-state index in [1.54, 1.807) is 55.5 Å². The highest BCUT2D eigenvalue weighted by Gasteiger charge is 2.49. The molecule has 0 aliphatic carbocycles. The molecule has 3 aromatic rings. The first kappa shape index (κ1) is 50.5. The number of nitriles is 1. The summed E-state index contributed by atoms with van der Waals surface area (Å²) in [6.07, 6.45) is 10.6. The lowest BCUT2D eigenvalue weighted by molar-refractivity contribution is -0.126. The number of hydrogen-bond acceptors (Lipinski definition) is 13. The van der Waals surface area contributed by atoms with Crippen LogP contribution in [0.25, 0.3) is 5.70 Å². The second-order valence-corrected chi connectivity index (χ2v) is 17.5. The maximum absolute atomic E-state index is 13.6. The van der Waals surface area contributed by atoms with E-state index >= 15 is 0 Å². The third kappa shape index (κ3) is 11.5. The quantitative estimate of drug-likeness (QED) is 0.126. The summed E-state index contributed by atoms with van der Waals surface area (Å²) in [5, 5.41) is 20.1. The van der Waals surface area contributed by atoms with Crippen LogP contribution in [0.5, 0.6) is 0 Å². The van der Waals surface area contributed by atoms with Crippen LogP contribution in [0.1, 0.15) is 96.2 Å². The molecule has 2 amide bonds. The smallest absolute Gasteiger partial charge is 0.253 e. The molecule has 0 saturated carbocycles. The van der Waals surface area contributed by atoms with Crippen molar-refractivity contribution in [3.05, 3.63) is 101 Å². The number of piperidine rings is 1. The van der Waals surface area contributed by atoms with Crippen molar-refractivity contribution >= 4 is 58.3 Å². The summed E-state index contributed by atoms with van der Waals surface area (Å²) in [4.78, 5) is 61.7. The van der Waals surface area contributed by atoms with Gasteiger partial charge in [-0.2, -0.15) is 14.7 Å². The number of hydrogen-bond donors (Lipinski definition) is 3. The number of aldehydes is 2. The molecule has 64 heavy (non-hydrogen) atoms. The number of likely N-dealkylation sites (N-methyl/N-ethyl adjacent to an activating group) is 2. The van der Waals surface area contributed by atoms with E-state index < -0.39 is 21.6 Å². The SMILES string of the molecule is C=N/C(=C1/C=CN=C1Nc1ccc(C(=O)N2CCC(c3ccc(C=O)c(CN(C)C(CCC=O)C(=O)NC)c3)CC2)cc1)c1cnn(C2(CC#N)CN(S(=O)(=O)CC)C2)c1.CC.CN. The first-order valence-electron chi connectivity index (χ1n) is 21.4. The molecule has 0 bridgehead atoms. The van der Waals surface area contributed by atoms with Crippen LogP contribution in [0, 0.1) is 11.3 Å². The van der Waals surface area contributed by atoms with E-state index in [9.17, 15) is 32.9 Å². The second-order valence-electron chi connectivity index (χ2n) is 15.2. The van der Waals surface area contributed by atoms with Gasteiger partial charge < -0.3 is 26.1 Å². The number of amidine groups is 1. The number of rotatable bonds is 17. The average Bonchev–Trinajstić information content (AvgIpc) is 4.00. The van der Waals surface area contributed by atoms with Crippen molar-refractivity contribution in [2.24, 2.45) is 15.7 Å². The van der Waals surface area contributed by atoms with E-state index in [-0.39, 0.29) is 49.4 Å². The summed E-state index contributed by atoms with van der Waals surface area (Å²) >= 11 is 0. The maximum atomic E-state index is 13.6. The molecule has 3 aliphatic heterocycles. The van der Waals surface area contributed by atoms with Crippen molar-refractivity contribution in [1.29, 1.82) is 5.26 Å². The van der Waals surface area contributed by atoms with E-state index in [0.717, 1.165) is 36.5 Å². The number of amides is 2. The highest BCUT2D eigenvalue weighted by molar-refractivity contribution is 7.89. The Labute approximate surface area is 376 Å². The van der Waals surface area contributed by atoms with Gasteiger partial charge in [-0.1, -0.05) is 32.0 Å². The predicted octanol–water partition coefficient (Wildman–Crippen LogP) is 4.57. The Morgan fingerprint density at radius 3 is 2.39 bits per heavy atom. The molecule has 1 unspecified atom stereocenters. The van der Waals surface area contributed by atoms with Crippen molar-refractivity contribution < 1.29 is 27.6 Å². The average molecular weight is 896 g/mol. The highest BCUT2D eigenvalue weighted by atomic mass is 32.2. The molecule has 2 aromatic carbocycles. The van der Waals surface area contributed by atoms with Gasteiger partial charge in [0.05, 0.1) is 36.2 Å². The van der Waals surface area contributed by atoms with E-state index in [1.807, 2.05) is 61.0 Å². The second kappa shape index (κ2) is 23.5. The number of carbonyl (C=O) groups is 4. The van der Waals surface area contributed by atoms with Gasteiger partial charge in [0.25, 0.3) is 5.91 Å². The Bertz CT molecular complexity index is 2370. The molecular weight excluding hydrogens is 835 g/mol. The minimum atomic E-state index is -3.39. The lowest BCUT2D eigenvalue weighted by Gasteiger charge is -2.47. The Balaban J connectivity index is 0.00000218. The number of anilines is 1. The van der Waals surface area contributed by atoms with Crippen LogP contribution in [0.4, 0.5) is 5.69 Å². The number of aliphatic imine (C=N–C) groups is 2. The minimum absolute atomic E-state index is 0.0181. The van der Waals surface area contributed by atoms with Crippen LogP contribution in [0.15, 0.2) is 82.7 Å². The number of nitrogens with one attached hydrogen (secondary N) is 2. The molecule has 3 aliphatic rings. The predicted molar refractivity (Wildman–Crippen MR) is 250 cm³/mol. The van der Waals surface area contributed by atoms with E-state index in [0.29, 0.717) is 65.5 Å². The van der Waals surface area contributed by atoms with Gasteiger partial charge in [-0.3, -0.25) is 29.0 Å². The van der Waals surface area contributed by atoms with E-state index in [2.05, 4.69) is 44.2 Å². The molecule has 4 heterocycles. The van der Waals surface area contributed by atoms with Crippen LogP contribution in [0.3, 0.4) is 0 Å². The Kier molecular flexibility index (Phi) is 18.6. The molecule has 0 radical (unpaired) electrons. The molecule has 1 atom stereocenters. The van der Waals surface area contributed by atoms with Gasteiger partial charge in [0.15, 0.2) is 0 Å². The molecule has 4 N–H and O–H groups in total. The molecule has 342 valence electrons. The normalized spacial score (nSPS) is 17.0. The van der Waals surface area contributed by atoms with Crippen molar-refractivity contribution in [1.82, 2.24) is 29.2 Å². The zero-order chi connectivity index (χ0) is 47.0. The lowest BCUT2D eigenvalue weighted by atomic mass is 9.87. The molecule has 17 nitrogen and oxygen atoms in total. The number of nitrogens with two attached hydrogens (primary N) is 1. The van der Waals surface area contributed by atoms with Crippen molar-refractivity contribution in [3.63, 3.8) is 0 Å². The number of aromatic nitrogens is 2. The monoisotopic (exact) mass is 895 g/mol. The molecule has 6 rings (SSSR count). The molecule has 1 aromatic heterocycles. The van der Waals surface area contributed by atoms with Gasteiger partial charge in [0.2, 0.25) is 15.9 Å². The van der Waals surface area contributed by atoms with Gasteiger partial charge in [0.1, 0.15) is 23.9 Å². The standard InChI is InChI=1S/C43H50N10O6S.C2H6.CH5N/c1-5-60(58,59)52-28-43(29-52,17-18-44)53-26-35(24-48-53)39(45-2)37-14-19-47-40(37)49-36-12-10-31(11-13-36)42(57)51-20-15-30(16-21-51)32-8-9-33(27-55)34(23-32)25-50(4)38(7-6-22-54)41(56)46-3;2*1-2/h8-14,19,22-24,26-27,30,38H,2,5-7,15-17,20-21,25,28-29H2,1,3-4H3,(H,46,56)(H,47,49);1-2H3;2H2,1H3/b39-37-;;. The van der Waals surface area contributed by atoms with Gasteiger partial charge in [0, 0.05) is 86.5 Å². The summed E-state index contributed by atoms with van der Waals surface area (Å²) in [6.45, 7) is 11.2. The fourth-order valence-electron chi connectivity index (χ4n) is 8.02. The van der Waals surface area contributed by atoms with Crippen LogP contribution < -0.4 is 16.4 Å². The van der Waals surface area contributed by atoms with Gasteiger partial charge in [-0.05, 0) is 94.4 Å². The lowest BCUT2D eigenvalue weighted by Crippen LogP contribution is -2.64. The van der Waals surface area contributed by atoms with Crippen LogP contribution in [-0.4, -0.2) is 128 Å². The van der Waals surface area contributed by atoms with Gasteiger partial charge in [-0.25, -0.2) is 13.4 Å². The zero-order valence-corrected chi connectivity index (χ0v) is 38.5. The van der Waals surface area contributed by atoms with Crippen LogP contribution in [0.2, 0.25) is 0 Å². The molecule has 18 heteroatoms. The van der Waals surface area contributed by atoms with Gasteiger partial charge >= 0.3 is 0 Å². The summed E-state index contributed by atoms with van der Waals surface area (Å²) in [5.41, 5.74) is 9.20. The van der Waals surface area contributed by atoms with E-state index in [1.165, 1.54) is 11.4 Å². The Morgan fingerprint density at radius 1 is 1.11 bits per heavy atom. The number of nitrogens with zero attached hydrogens (tertiary/aromatic N) is 8. The number of sulfonamides is 1. The highest BCUT2D eigenvalue weighted by Crippen LogP contribution is 2.36. The first-order chi connectivity index (χ1) is 30.9. The van der Waals surface area contributed by atoms with Crippen LogP contribution in [-0.2, 0) is 31.7 Å². The molecule has 2 fully saturated rings. The first-order valence-corrected chi connectivity index (χ1v) is 23.0. The fraction of sp³-hybridized carbons (Fsp3) is 0.435. The van der Waals surface area contributed by atoms with Gasteiger partial charge in [-0.15, -0.1) is 0 Å². The molecular formula is C46H61N11O6S. The number of likely N-dealkylation sites (tertiary alicyclic amines) is 1. The fourth-order valence-corrected chi connectivity index (χ4v) is 9.26. The molecule has 0 spiro atoms. The van der Waals surface area contributed by atoms with Crippen LogP contribution >= 0.6 is 0 Å². The van der Waals surface area contributed by atoms with Crippen molar-refractivity contribution in [3.8, 4) is 6.07 Å². The number of benzene rings is 2. The van der Waals surface area contributed by atoms with E-state index in [4.69, 9.17) is 0 Å². The summed E-state index contributed by atoms with van der Waals surface area (Å²) in [7, 11) is 1.48. The van der Waals surface area contributed by atoms with Crippen molar-refractivity contribution in [2.45, 2.75) is 76.9 Å². The largest absolute Gasteiger partial charge is 0.358 e. The zero-order valence-electron chi connectivity index (χ0n) is 37.7. The summed E-state index contributed by atoms with van der Waals surface area (Å²) in [5.74, 6) is 0.433. The Morgan fingerprint density at radius 2 is 1.80 bits per heavy atom. The van der Waals surface area contributed by atoms with Crippen molar-refractivity contribution in [2.75, 3.05) is 58.4 Å². The maximum Gasteiger partial charge on any atom is 0.253 e. The topological polar surface area (TPSA) is 229 Å². The third-order valence-electron chi connectivity index (χ3n) is 11.6. The third-order valence-corrected chi connectivity index (χ3v) is 13.3. The molecule has 2 saturated heterocycles. The summed E-state index contributed by atoms with van der Waals surface area (Å²) in [6, 6.07) is 14.7. The number of carbonyl (C=O) groups excluding carboxylic acids is 4. The summed E-state index contributed by atoms with van der Waals surface area (Å²) < 4.78 is 27.9. The Hall–Kier alpha value is -6.13.